The molecule has 2 aliphatic carbocycles. The van der Waals surface area contributed by atoms with Gasteiger partial charge in [0.2, 0.25) is 0 Å². The fourth-order valence-corrected chi connectivity index (χ4v) is 4.07. The summed E-state index contributed by atoms with van der Waals surface area (Å²) in [5.74, 6) is 1.50. The average molecular weight is 278 g/mol. The topological polar surface area (TPSA) is 20.2 Å². The molecule has 20 heavy (non-hydrogen) atoms. The van der Waals surface area contributed by atoms with Crippen LogP contribution in [0.1, 0.15) is 90.4 Å². The summed E-state index contributed by atoms with van der Waals surface area (Å²) in [5, 5.41) is 10.7. The molecule has 1 N–H and O–H groups in total. The quantitative estimate of drug-likeness (QED) is 0.647. The molecule has 0 amide bonds. The van der Waals surface area contributed by atoms with Gasteiger partial charge < -0.3 is 5.11 Å². The van der Waals surface area contributed by atoms with E-state index in [4.69, 9.17) is 0 Å². The maximum Gasteiger partial charge on any atom is 0.0778 e. The van der Waals surface area contributed by atoms with E-state index in [0.717, 1.165) is 12.3 Å². The molecule has 1 heteroatoms. The molecule has 2 rings (SSSR count). The van der Waals surface area contributed by atoms with Crippen LogP contribution in [0.3, 0.4) is 0 Å². The van der Waals surface area contributed by atoms with Crippen molar-refractivity contribution in [3.8, 4) is 0 Å². The molecule has 0 aromatic carbocycles. The van der Waals surface area contributed by atoms with Crippen molar-refractivity contribution in [3.63, 3.8) is 0 Å². The standard InChI is InChI=1S/C19H34O/c1-2-3-9-16-12-14-18(15-13-16)19(20)17-10-7-5-4-6-8-11-17/h10,16,18-20H,2-9,11-15H2,1H3. The Balaban J connectivity index is 1.79. The van der Waals surface area contributed by atoms with Gasteiger partial charge in [0, 0.05) is 0 Å². The SMILES string of the molecule is CCCCC1CCC(C(O)C2=CCCCCCC2)CC1. The molecule has 1 nitrogen and oxygen atoms in total. The van der Waals surface area contributed by atoms with Crippen molar-refractivity contribution in [1.82, 2.24) is 0 Å². The third kappa shape index (κ3) is 4.91. The van der Waals surface area contributed by atoms with Gasteiger partial charge in [0.05, 0.1) is 6.10 Å². The van der Waals surface area contributed by atoms with Crippen molar-refractivity contribution in [2.45, 2.75) is 96.5 Å². The lowest BCUT2D eigenvalue weighted by atomic mass is 9.75. The zero-order valence-electron chi connectivity index (χ0n) is 13.4. The Morgan fingerprint density at radius 1 is 1.10 bits per heavy atom. The predicted molar refractivity (Wildman–Crippen MR) is 86.8 cm³/mol. The van der Waals surface area contributed by atoms with Crippen molar-refractivity contribution in [2.75, 3.05) is 0 Å². The Hall–Kier alpha value is -0.300. The fourth-order valence-electron chi connectivity index (χ4n) is 4.07. The van der Waals surface area contributed by atoms with Gasteiger partial charge in [0.25, 0.3) is 0 Å². The lowest BCUT2D eigenvalue weighted by molar-refractivity contribution is 0.0959. The number of hydrogen-bond acceptors (Lipinski definition) is 1. The van der Waals surface area contributed by atoms with E-state index in [1.807, 2.05) is 0 Å². The van der Waals surface area contributed by atoms with Gasteiger partial charge in [0.15, 0.2) is 0 Å². The molecular weight excluding hydrogens is 244 g/mol. The van der Waals surface area contributed by atoms with E-state index >= 15 is 0 Å². The molecule has 0 aromatic rings. The van der Waals surface area contributed by atoms with E-state index < -0.39 is 0 Å². The Morgan fingerprint density at radius 2 is 1.85 bits per heavy atom. The van der Waals surface area contributed by atoms with Crippen LogP contribution in [-0.4, -0.2) is 11.2 Å². The molecule has 1 atom stereocenters. The number of allylic oxidation sites excluding steroid dienone is 1. The van der Waals surface area contributed by atoms with Gasteiger partial charge in [-0.25, -0.2) is 0 Å². The monoisotopic (exact) mass is 278 g/mol. The van der Waals surface area contributed by atoms with E-state index in [9.17, 15) is 5.11 Å². The van der Waals surface area contributed by atoms with Crippen molar-refractivity contribution in [3.05, 3.63) is 11.6 Å². The number of rotatable bonds is 5. The molecule has 0 aromatic heterocycles. The first-order chi connectivity index (χ1) is 9.81. The van der Waals surface area contributed by atoms with Gasteiger partial charge in [0.1, 0.15) is 0 Å². The summed E-state index contributed by atoms with van der Waals surface area (Å²) >= 11 is 0. The van der Waals surface area contributed by atoms with Crippen LogP contribution in [0.25, 0.3) is 0 Å². The van der Waals surface area contributed by atoms with E-state index in [1.165, 1.54) is 82.6 Å². The molecule has 1 unspecified atom stereocenters. The Morgan fingerprint density at radius 3 is 2.60 bits per heavy atom. The summed E-state index contributed by atoms with van der Waals surface area (Å²) in [6.07, 6.45) is 19.3. The predicted octanol–water partition coefficient (Wildman–Crippen LogP) is 5.62. The van der Waals surface area contributed by atoms with Crippen LogP contribution in [0, 0.1) is 11.8 Å². The first-order valence-corrected chi connectivity index (χ1v) is 9.18. The van der Waals surface area contributed by atoms with Crippen molar-refractivity contribution >= 4 is 0 Å². The highest BCUT2D eigenvalue weighted by atomic mass is 16.3. The van der Waals surface area contributed by atoms with E-state index in [1.54, 1.807) is 0 Å². The normalized spacial score (nSPS) is 30.2. The highest BCUT2D eigenvalue weighted by Crippen LogP contribution is 2.36. The third-order valence-corrected chi connectivity index (χ3v) is 5.51. The van der Waals surface area contributed by atoms with Crippen LogP contribution in [0.4, 0.5) is 0 Å². The van der Waals surface area contributed by atoms with Gasteiger partial charge >= 0.3 is 0 Å². The van der Waals surface area contributed by atoms with Gasteiger partial charge in [-0.3, -0.25) is 0 Å². The van der Waals surface area contributed by atoms with Crippen LogP contribution < -0.4 is 0 Å². The van der Waals surface area contributed by atoms with Crippen LogP contribution in [0.2, 0.25) is 0 Å². The minimum Gasteiger partial charge on any atom is -0.388 e. The van der Waals surface area contributed by atoms with E-state index in [2.05, 4.69) is 13.0 Å². The molecule has 116 valence electrons. The Kier molecular flexibility index (Phi) is 7.13. The van der Waals surface area contributed by atoms with Crippen LogP contribution >= 0.6 is 0 Å². The largest absolute Gasteiger partial charge is 0.388 e. The number of hydrogen-bond donors (Lipinski definition) is 1. The molecular formula is C19H34O. The van der Waals surface area contributed by atoms with Gasteiger partial charge in [-0.2, -0.15) is 0 Å². The molecule has 0 aliphatic heterocycles. The summed E-state index contributed by atoms with van der Waals surface area (Å²) in [5.41, 5.74) is 1.38. The highest BCUT2D eigenvalue weighted by Gasteiger charge is 2.28. The lowest BCUT2D eigenvalue weighted by Gasteiger charge is -2.33. The van der Waals surface area contributed by atoms with Gasteiger partial charge in [-0.15, -0.1) is 0 Å². The second kappa shape index (κ2) is 8.87. The van der Waals surface area contributed by atoms with E-state index in [-0.39, 0.29) is 6.10 Å². The summed E-state index contributed by atoms with van der Waals surface area (Å²) in [4.78, 5) is 0. The molecule has 0 bridgehead atoms. The smallest absolute Gasteiger partial charge is 0.0778 e. The summed E-state index contributed by atoms with van der Waals surface area (Å²) in [7, 11) is 0. The fraction of sp³-hybridized carbons (Fsp3) is 0.895. The second-order valence-electron chi connectivity index (χ2n) is 7.10. The maximum absolute atomic E-state index is 10.7. The summed E-state index contributed by atoms with van der Waals surface area (Å²) in [6.45, 7) is 2.29. The zero-order valence-corrected chi connectivity index (χ0v) is 13.4. The Labute approximate surface area is 125 Å². The lowest BCUT2D eigenvalue weighted by Crippen LogP contribution is -2.27. The molecule has 0 spiro atoms. The molecule has 1 saturated carbocycles. The van der Waals surface area contributed by atoms with Crippen LogP contribution in [0.15, 0.2) is 11.6 Å². The number of aliphatic hydroxyl groups is 1. The minimum atomic E-state index is -0.125. The molecule has 2 aliphatic rings. The minimum absolute atomic E-state index is 0.125. The number of aliphatic hydroxyl groups excluding tert-OH is 1. The van der Waals surface area contributed by atoms with Gasteiger partial charge in [-0.05, 0) is 55.9 Å². The van der Waals surface area contributed by atoms with Crippen LogP contribution in [-0.2, 0) is 0 Å². The summed E-state index contributed by atoms with van der Waals surface area (Å²) < 4.78 is 0. The van der Waals surface area contributed by atoms with E-state index in [0.29, 0.717) is 5.92 Å². The van der Waals surface area contributed by atoms with Gasteiger partial charge in [-0.1, -0.05) is 57.9 Å². The summed E-state index contributed by atoms with van der Waals surface area (Å²) in [6, 6.07) is 0. The van der Waals surface area contributed by atoms with Crippen LogP contribution in [0.5, 0.6) is 0 Å². The van der Waals surface area contributed by atoms with Crippen molar-refractivity contribution in [2.24, 2.45) is 11.8 Å². The third-order valence-electron chi connectivity index (χ3n) is 5.51. The Bertz CT molecular complexity index is 286. The zero-order chi connectivity index (χ0) is 14.2. The first-order valence-electron chi connectivity index (χ1n) is 9.18. The molecule has 0 radical (unpaired) electrons. The highest BCUT2D eigenvalue weighted by molar-refractivity contribution is 5.10. The molecule has 1 fully saturated rings. The second-order valence-corrected chi connectivity index (χ2v) is 7.10. The van der Waals surface area contributed by atoms with Crippen molar-refractivity contribution in [1.29, 1.82) is 0 Å². The maximum atomic E-state index is 10.7. The molecule has 0 saturated heterocycles. The van der Waals surface area contributed by atoms with Crippen molar-refractivity contribution < 1.29 is 5.11 Å². The first kappa shape index (κ1) is 16.1. The molecule has 0 heterocycles. The average Bonchev–Trinajstić information content (AvgIpc) is 2.45. The number of unbranched alkanes of at least 4 members (excludes halogenated alkanes) is 1.